The van der Waals surface area contributed by atoms with Crippen LogP contribution in [-0.2, 0) is 0 Å². The molecule has 2 fully saturated rings. The minimum absolute atomic E-state index is 0.469. The molecule has 1 aromatic carbocycles. The van der Waals surface area contributed by atoms with Crippen molar-refractivity contribution < 1.29 is 0 Å². The molecule has 0 spiro atoms. The van der Waals surface area contributed by atoms with Crippen LogP contribution < -0.4 is 5.32 Å². The Kier molecular flexibility index (Phi) is 3.63. The summed E-state index contributed by atoms with van der Waals surface area (Å²) in [5.74, 6) is 2.74. The number of hydrogen-bond donors (Lipinski definition) is 1. The van der Waals surface area contributed by atoms with E-state index < -0.39 is 0 Å². The average molecular weight is 264 g/mol. The van der Waals surface area contributed by atoms with E-state index in [9.17, 15) is 0 Å². The van der Waals surface area contributed by atoms with Gasteiger partial charge in [0.25, 0.3) is 0 Å². The van der Waals surface area contributed by atoms with Crippen molar-refractivity contribution in [1.29, 1.82) is 0 Å². The van der Waals surface area contributed by atoms with E-state index in [1.54, 1.807) is 0 Å². The maximum absolute atomic E-state index is 6.38. The Bertz CT molecular complexity index is 405. The fraction of sp³-hybridized carbons (Fsp3) is 0.625. The molecule has 0 amide bonds. The average Bonchev–Trinajstić information content (AvgIpc) is 3.11. The van der Waals surface area contributed by atoms with Crippen molar-refractivity contribution in [3.63, 3.8) is 0 Å². The zero-order chi connectivity index (χ0) is 12.5. The minimum atomic E-state index is 0.469. The molecule has 3 atom stereocenters. The maximum Gasteiger partial charge on any atom is 0.0453 e. The second-order valence-electron chi connectivity index (χ2n) is 5.75. The molecule has 3 unspecified atom stereocenters. The van der Waals surface area contributed by atoms with Gasteiger partial charge < -0.3 is 5.32 Å². The predicted molar refractivity (Wildman–Crippen MR) is 76.8 cm³/mol. The highest BCUT2D eigenvalue weighted by atomic mass is 35.5. The smallest absolute Gasteiger partial charge is 0.0453 e. The van der Waals surface area contributed by atoms with Gasteiger partial charge in [-0.2, -0.15) is 0 Å². The minimum Gasteiger partial charge on any atom is -0.310 e. The third-order valence-corrected chi connectivity index (χ3v) is 5.12. The lowest BCUT2D eigenvalue weighted by molar-refractivity contribution is 0.457. The van der Waals surface area contributed by atoms with E-state index in [4.69, 9.17) is 11.6 Å². The van der Waals surface area contributed by atoms with Crippen molar-refractivity contribution >= 4 is 11.6 Å². The normalized spacial score (nSPS) is 31.8. The quantitative estimate of drug-likeness (QED) is 0.848. The van der Waals surface area contributed by atoms with Crippen molar-refractivity contribution in [2.24, 2.45) is 17.8 Å². The molecule has 0 aliphatic heterocycles. The largest absolute Gasteiger partial charge is 0.310 e. The van der Waals surface area contributed by atoms with Crippen LogP contribution in [0.15, 0.2) is 24.3 Å². The summed E-state index contributed by atoms with van der Waals surface area (Å²) in [6.07, 6.45) is 5.72. The monoisotopic (exact) mass is 263 g/mol. The molecule has 0 aromatic heterocycles. The summed E-state index contributed by atoms with van der Waals surface area (Å²) in [5.41, 5.74) is 1.31. The predicted octanol–water partition coefficient (Wildman–Crippen LogP) is 4.43. The SMILES string of the molecule is CCNC(c1ccccc1Cl)C1C2CCCCC21. The van der Waals surface area contributed by atoms with Crippen LogP contribution in [0.4, 0.5) is 0 Å². The summed E-state index contributed by atoms with van der Waals surface area (Å²) in [5, 5.41) is 4.60. The van der Waals surface area contributed by atoms with Gasteiger partial charge in [0.1, 0.15) is 0 Å². The number of hydrogen-bond acceptors (Lipinski definition) is 1. The molecule has 0 heterocycles. The van der Waals surface area contributed by atoms with Gasteiger partial charge in [-0.05, 0) is 48.8 Å². The first kappa shape index (κ1) is 12.5. The van der Waals surface area contributed by atoms with Gasteiger partial charge in [-0.15, -0.1) is 0 Å². The van der Waals surface area contributed by atoms with Crippen molar-refractivity contribution in [2.75, 3.05) is 6.54 Å². The fourth-order valence-electron chi connectivity index (χ4n) is 3.94. The first-order valence-corrected chi connectivity index (χ1v) is 7.68. The van der Waals surface area contributed by atoms with Gasteiger partial charge in [-0.3, -0.25) is 0 Å². The molecule has 2 heteroatoms. The molecule has 2 aliphatic carbocycles. The van der Waals surface area contributed by atoms with Crippen LogP contribution in [0.1, 0.15) is 44.2 Å². The second-order valence-corrected chi connectivity index (χ2v) is 6.15. The van der Waals surface area contributed by atoms with Crippen molar-refractivity contribution in [3.05, 3.63) is 34.9 Å². The Morgan fingerprint density at radius 3 is 2.50 bits per heavy atom. The highest BCUT2D eigenvalue weighted by Crippen LogP contribution is 2.60. The van der Waals surface area contributed by atoms with E-state index in [-0.39, 0.29) is 0 Å². The van der Waals surface area contributed by atoms with Crippen LogP contribution >= 0.6 is 11.6 Å². The van der Waals surface area contributed by atoms with Crippen LogP contribution in [0.2, 0.25) is 5.02 Å². The molecular formula is C16H22ClN. The van der Waals surface area contributed by atoms with Crippen LogP contribution in [0.5, 0.6) is 0 Å². The van der Waals surface area contributed by atoms with Gasteiger partial charge >= 0.3 is 0 Å². The summed E-state index contributed by atoms with van der Waals surface area (Å²) in [7, 11) is 0. The van der Waals surface area contributed by atoms with Crippen LogP contribution in [0.3, 0.4) is 0 Å². The Morgan fingerprint density at radius 2 is 1.89 bits per heavy atom. The van der Waals surface area contributed by atoms with E-state index in [1.807, 2.05) is 12.1 Å². The van der Waals surface area contributed by atoms with E-state index in [2.05, 4.69) is 24.4 Å². The van der Waals surface area contributed by atoms with Gasteiger partial charge in [0.15, 0.2) is 0 Å². The van der Waals surface area contributed by atoms with E-state index in [0.29, 0.717) is 6.04 Å². The molecule has 3 rings (SSSR count). The zero-order valence-corrected chi connectivity index (χ0v) is 11.8. The summed E-state index contributed by atoms with van der Waals surface area (Å²) in [6, 6.07) is 8.82. The highest BCUT2D eigenvalue weighted by Gasteiger charge is 2.54. The Balaban J connectivity index is 1.83. The number of fused-ring (bicyclic) bond motifs is 1. The molecule has 1 N–H and O–H groups in total. The highest BCUT2D eigenvalue weighted by molar-refractivity contribution is 6.31. The molecule has 18 heavy (non-hydrogen) atoms. The summed E-state index contributed by atoms with van der Waals surface area (Å²) < 4.78 is 0. The molecule has 0 radical (unpaired) electrons. The fourth-order valence-corrected chi connectivity index (χ4v) is 4.20. The molecule has 98 valence electrons. The number of halogens is 1. The number of rotatable bonds is 4. The topological polar surface area (TPSA) is 12.0 Å². The number of nitrogens with one attached hydrogen (secondary N) is 1. The molecule has 2 saturated carbocycles. The van der Waals surface area contributed by atoms with Gasteiger partial charge in [0.2, 0.25) is 0 Å². The van der Waals surface area contributed by atoms with Crippen LogP contribution in [-0.4, -0.2) is 6.54 Å². The third kappa shape index (κ3) is 2.19. The third-order valence-electron chi connectivity index (χ3n) is 4.77. The van der Waals surface area contributed by atoms with Gasteiger partial charge in [-0.1, -0.05) is 49.6 Å². The molecule has 1 nitrogen and oxygen atoms in total. The molecular weight excluding hydrogens is 242 g/mol. The van der Waals surface area contributed by atoms with E-state index in [0.717, 1.165) is 29.3 Å². The van der Waals surface area contributed by atoms with Crippen LogP contribution in [0, 0.1) is 17.8 Å². The first-order valence-electron chi connectivity index (χ1n) is 7.30. The molecule has 0 bridgehead atoms. The lowest BCUT2D eigenvalue weighted by Crippen LogP contribution is -2.24. The zero-order valence-electron chi connectivity index (χ0n) is 11.0. The molecule has 2 aliphatic rings. The number of benzene rings is 1. The Labute approximate surface area is 115 Å². The van der Waals surface area contributed by atoms with Crippen molar-refractivity contribution in [3.8, 4) is 0 Å². The van der Waals surface area contributed by atoms with Gasteiger partial charge in [-0.25, -0.2) is 0 Å². The van der Waals surface area contributed by atoms with Gasteiger partial charge in [0.05, 0.1) is 0 Å². The van der Waals surface area contributed by atoms with E-state index >= 15 is 0 Å². The van der Waals surface area contributed by atoms with Crippen LogP contribution in [0.25, 0.3) is 0 Å². The second kappa shape index (κ2) is 5.22. The molecule has 0 saturated heterocycles. The van der Waals surface area contributed by atoms with E-state index in [1.165, 1.54) is 31.2 Å². The standard InChI is InChI=1S/C16H22ClN/c1-2-18-16(13-9-5-6-10-14(13)17)15-11-7-3-4-8-12(11)15/h5-6,9-12,15-16,18H,2-4,7-8H2,1H3. The first-order chi connectivity index (χ1) is 8.83. The summed E-state index contributed by atoms with van der Waals surface area (Å²) in [6.45, 7) is 3.21. The van der Waals surface area contributed by atoms with Crippen molar-refractivity contribution in [2.45, 2.75) is 38.6 Å². The van der Waals surface area contributed by atoms with Crippen molar-refractivity contribution in [1.82, 2.24) is 5.32 Å². The van der Waals surface area contributed by atoms with Gasteiger partial charge in [0, 0.05) is 11.1 Å². The lowest BCUT2D eigenvalue weighted by atomic mass is 9.99. The Morgan fingerprint density at radius 1 is 1.22 bits per heavy atom. The Hall–Kier alpha value is -0.530. The maximum atomic E-state index is 6.38. The molecule has 1 aromatic rings. The summed E-state index contributed by atoms with van der Waals surface area (Å²) in [4.78, 5) is 0. The lowest BCUT2D eigenvalue weighted by Gasteiger charge is -2.20. The summed E-state index contributed by atoms with van der Waals surface area (Å²) >= 11 is 6.38.